The number of hydrogen-bond donors (Lipinski definition) is 3. The van der Waals surface area contributed by atoms with Gasteiger partial charge in [0, 0.05) is 29.1 Å². The van der Waals surface area contributed by atoms with E-state index in [1.54, 1.807) is 44.2 Å². The fourth-order valence-corrected chi connectivity index (χ4v) is 3.01. The molecule has 140 valence electrons. The molecule has 0 aliphatic rings. The lowest BCUT2D eigenvalue weighted by Crippen LogP contribution is -2.16. The van der Waals surface area contributed by atoms with E-state index in [1.165, 1.54) is 12.1 Å². The molecule has 1 amide bonds. The molecule has 0 radical (unpaired) electrons. The van der Waals surface area contributed by atoms with Crippen LogP contribution in [0.2, 0.25) is 0 Å². The second-order valence-corrected chi connectivity index (χ2v) is 6.52. The predicted molar refractivity (Wildman–Crippen MR) is 103 cm³/mol. The minimum atomic E-state index is -0.619. The number of hydrogen-bond acceptors (Lipinski definition) is 5. The third-order valence-electron chi connectivity index (χ3n) is 4.53. The zero-order valence-electron chi connectivity index (χ0n) is 15.2. The summed E-state index contributed by atoms with van der Waals surface area (Å²) in [6.07, 6.45) is -0.257. The number of aliphatic hydroxyl groups is 1. The largest absolute Gasteiger partial charge is 0.508 e. The Morgan fingerprint density at radius 3 is 2.74 bits per heavy atom. The molecule has 0 aliphatic carbocycles. The van der Waals surface area contributed by atoms with Crippen LogP contribution >= 0.6 is 0 Å². The number of aromatic hydroxyl groups is 1. The number of nitrogens with one attached hydrogen (secondary N) is 1. The number of benzene rings is 2. The van der Waals surface area contributed by atoms with Gasteiger partial charge in [-0.05, 0) is 55.7 Å². The van der Waals surface area contributed by atoms with Gasteiger partial charge in [-0.1, -0.05) is 12.1 Å². The summed E-state index contributed by atoms with van der Waals surface area (Å²) in [5.74, 6) is -0.209. The van der Waals surface area contributed by atoms with Crippen LogP contribution < -0.4 is 10.9 Å². The maximum atomic E-state index is 12.3. The Labute approximate surface area is 156 Å². The van der Waals surface area contributed by atoms with Gasteiger partial charge >= 0.3 is 5.63 Å². The van der Waals surface area contributed by atoms with E-state index in [0.29, 0.717) is 22.4 Å². The number of phenolic OH excluding ortho intramolecular Hbond substituents is 1. The van der Waals surface area contributed by atoms with Crippen LogP contribution in [0.1, 0.15) is 36.1 Å². The maximum Gasteiger partial charge on any atom is 0.339 e. The van der Waals surface area contributed by atoms with E-state index in [-0.39, 0.29) is 24.5 Å². The molecule has 3 rings (SSSR count). The van der Waals surface area contributed by atoms with Crippen molar-refractivity contribution < 1.29 is 19.4 Å². The molecular weight excluding hydrogens is 346 g/mol. The Hall–Kier alpha value is -3.12. The van der Waals surface area contributed by atoms with E-state index in [0.717, 1.165) is 10.9 Å². The first-order valence-corrected chi connectivity index (χ1v) is 8.68. The molecule has 0 bridgehead atoms. The highest BCUT2D eigenvalue weighted by Crippen LogP contribution is 2.24. The minimum Gasteiger partial charge on any atom is -0.508 e. The number of phenols is 1. The molecule has 0 saturated carbocycles. The summed E-state index contributed by atoms with van der Waals surface area (Å²) in [6, 6.07) is 11.6. The molecule has 3 N–H and O–H groups in total. The molecule has 0 aliphatic heterocycles. The van der Waals surface area contributed by atoms with Crippen molar-refractivity contribution in [1.29, 1.82) is 0 Å². The van der Waals surface area contributed by atoms with Crippen molar-refractivity contribution >= 4 is 22.6 Å². The highest BCUT2D eigenvalue weighted by molar-refractivity contribution is 5.91. The monoisotopic (exact) mass is 367 g/mol. The van der Waals surface area contributed by atoms with Crippen LogP contribution in [-0.4, -0.2) is 16.1 Å². The molecule has 3 aromatic rings. The molecule has 0 spiro atoms. The van der Waals surface area contributed by atoms with Gasteiger partial charge in [0.2, 0.25) is 5.91 Å². The number of fused-ring (bicyclic) bond motifs is 1. The van der Waals surface area contributed by atoms with Gasteiger partial charge < -0.3 is 19.9 Å². The Kier molecular flexibility index (Phi) is 5.28. The molecule has 6 nitrogen and oxygen atoms in total. The lowest BCUT2D eigenvalue weighted by molar-refractivity contribution is -0.116. The highest BCUT2D eigenvalue weighted by Gasteiger charge is 2.14. The molecular formula is C21H21NO5. The number of aliphatic hydroxyl groups excluding tert-OH is 1. The van der Waals surface area contributed by atoms with Gasteiger partial charge in [-0.15, -0.1) is 0 Å². The van der Waals surface area contributed by atoms with Crippen LogP contribution in [0.15, 0.2) is 51.7 Å². The fourth-order valence-electron chi connectivity index (χ4n) is 3.01. The maximum absolute atomic E-state index is 12.3. The average molecular weight is 367 g/mol. The number of carbonyl (C=O) groups is 1. The molecule has 0 unspecified atom stereocenters. The van der Waals surface area contributed by atoms with E-state index < -0.39 is 11.7 Å². The van der Waals surface area contributed by atoms with E-state index in [9.17, 15) is 19.8 Å². The van der Waals surface area contributed by atoms with Crippen molar-refractivity contribution in [1.82, 2.24) is 0 Å². The number of aryl methyl sites for hydroxylation is 1. The van der Waals surface area contributed by atoms with Crippen molar-refractivity contribution in [2.24, 2.45) is 0 Å². The van der Waals surface area contributed by atoms with E-state index >= 15 is 0 Å². The van der Waals surface area contributed by atoms with Crippen LogP contribution in [0.3, 0.4) is 0 Å². The summed E-state index contributed by atoms with van der Waals surface area (Å²) in [7, 11) is 0. The Morgan fingerprint density at radius 1 is 1.22 bits per heavy atom. The Bertz CT molecular complexity index is 1050. The van der Waals surface area contributed by atoms with Gasteiger partial charge in [0.05, 0.1) is 6.10 Å². The van der Waals surface area contributed by atoms with Crippen LogP contribution in [-0.2, 0) is 11.2 Å². The second kappa shape index (κ2) is 7.63. The normalized spacial score (nSPS) is 12.1. The lowest BCUT2D eigenvalue weighted by Gasteiger charge is -2.10. The zero-order valence-corrected chi connectivity index (χ0v) is 15.2. The van der Waals surface area contributed by atoms with Gasteiger partial charge in [0.25, 0.3) is 0 Å². The van der Waals surface area contributed by atoms with E-state index in [2.05, 4.69) is 5.32 Å². The molecule has 2 aromatic carbocycles. The summed E-state index contributed by atoms with van der Waals surface area (Å²) in [5.41, 5.74) is 2.31. The summed E-state index contributed by atoms with van der Waals surface area (Å²) in [5, 5.41) is 22.7. The summed E-state index contributed by atoms with van der Waals surface area (Å²) >= 11 is 0. The zero-order chi connectivity index (χ0) is 19.6. The molecule has 1 heterocycles. The SMILES string of the molecule is Cc1c(CCC(=O)Nc2cccc([C@H](C)O)c2)c(=O)oc2cc(O)ccc12. The quantitative estimate of drug-likeness (QED) is 0.600. The van der Waals surface area contributed by atoms with Gasteiger partial charge in [0.15, 0.2) is 0 Å². The number of amides is 1. The van der Waals surface area contributed by atoms with Crippen molar-refractivity contribution in [3.63, 3.8) is 0 Å². The standard InChI is InChI=1S/C21H21NO5/c1-12-17-7-6-16(24)11-19(17)27-21(26)18(12)8-9-20(25)22-15-5-3-4-14(10-15)13(2)23/h3-7,10-11,13,23-24H,8-9H2,1-2H3,(H,22,25)/t13-/m0/s1. The van der Waals surface area contributed by atoms with Gasteiger partial charge in [-0.2, -0.15) is 0 Å². The third-order valence-corrected chi connectivity index (χ3v) is 4.53. The van der Waals surface area contributed by atoms with Gasteiger partial charge in [-0.25, -0.2) is 4.79 Å². The molecule has 6 heteroatoms. The van der Waals surface area contributed by atoms with Crippen molar-refractivity contribution in [3.8, 4) is 5.75 Å². The molecule has 27 heavy (non-hydrogen) atoms. The molecule has 1 atom stereocenters. The molecule has 0 saturated heterocycles. The topological polar surface area (TPSA) is 99.8 Å². The van der Waals surface area contributed by atoms with Crippen LogP contribution in [0.4, 0.5) is 5.69 Å². The smallest absolute Gasteiger partial charge is 0.339 e. The summed E-state index contributed by atoms with van der Waals surface area (Å²) in [4.78, 5) is 24.5. The summed E-state index contributed by atoms with van der Waals surface area (Å²) < 4.78 is 5.27. The molecule has 1 aromatic heterocycles. The predicted octanol–water partition coefficient (Wildman–Crippen LogP) is 3.43. The van der Waals surface area contributed by atoms with Crippen molar-refractivity contribution in [2.45, 2.75) is 32.8 Å². The second-order valence-electron chi connectivity index (χ2n) is 6.52. The first-order chi connectivity index (χ1) is 12.8. The Balaban J connectivity index is 1.75. The molecule has 0 fully saturated rings. The summed E-state index contributed by atoms with van der Waals surface area (Å²) in [6.45, 7) is 3.46. The number of anilines is 1. The van der Waals surface area contributed by atoms with Crippen LogP contribution in [0.25, 0.3) is 11.0 Å². The fraction of sp³-hybridized carbons (Fsp3) is 0.238. The Morgan fingerprint density at radius 2 is 2.00 bits per heavy atom. The van der Waals surface area contributed by atoms with Gasteiger partial charge in [0.1, 0.15) is 11.3 Å². The minimum absolute atomic E-state index is 0.0246. The van der Waals surface area contributed by atoms with E-state index in [1.807, 2.05) is 0 Å². The van der Waals surface area contributed by atoms with Crippen molar-refractivity contribution in [3.05, 3.63) is 69.6 Å². The first-order valence-electron chi connectivity index (χ1n) is 8.68. The highest BCUT2D eigenvalue weighted by atomic mass is 16.4. The first kappa shape index (κ1) is 18.7. The lowest BCUT2D eigenvalue weighted by atomic mass is 10.0. The van der Waals surface area contributed by atoms with Crippen LogP contribution in [0, 0.1) is 6.92 Å². The van der Waals surface area contributed by atoms with Crippen molar-refractivity contribution in [2.75, 3.05) is 5.32 Å². The number of rotatable bonds is 5. The van der Waals surface area contributed by atoms with Crippen LogP contribution in [0.5, 0.6) is 5.75 Å². The van der Waals surface area contributed by atoms with Gasteiger partial charge in [-0.3, -0.25) is 4.79 Å². The van der Waals surface area contributed by atoms with E-state index in [4.69, 9.17) is 4.42 Å². The third kappa shape index (κ3) is 4.17. The number of carbonyl (C=O) groups excluding carboxylic acids is 1. The average Bonchev–Trinajstić information content (AvgIpc) is 2.61.